The summed E-state index contributed by atoms with van der Waals surface area (Å²) in [5.41, 5.74) is 6.74. The van der Waals surface area contributed by atoms with Gasteiger partial charge in [-0.1, -0.05) is 23.2 Å². The minimum atomic E-state index is -0.350. The zero-order chi connectivity index (χ0) is 14.0. The molecular formula is C12H8BrCl2N3O. The van der Waals surface area contributed by atoms with E-state index in [9.17, 15) is 4.79 Å². The number of carbonyl (C=O) groups is 1. The number of hydrogen-bond acceptors (Lipinski definition) is 3. The first-order chi connectivity index (χ1) is 8.99. The molecule has 4 nitrogen and oxygen atoms in total. The van der Waals surface area contributed by atoms with E-state index in [0.717, 1.165) is 0 Å². The van der Waals surface area contributed by atoms with Crippen LogP contribution in [-0.4, -0.2) is 10.9 Å². The Labute approximate surface area is 128 Å². The van der Waals surface area contributed by atoms with Crippen LogP contribution in [0, 0.1) is 0 Å². The second-order valence-corrected chi connectivity index (χ2v) is 5.22. The van der Waals surface area contributed by atoms with E-state index in [-0.39, 0.29) is 21.6 Å². The second kappa shape index (κ2) is 5.77. The standard InChI is InChI=1S/C12H8BrCl2N3O/c13-11-9(2-1-3-17-11)18-12(19)6-4-7(14)10(16)8(15)5-6/h1-5H,16H2,(H,18,19). The lowest BCUT2D eigenvalue weighted by Crippen LogP contribution is -2.13. The molecule has 0 unspecified atom stereocenters. The SMILES string of the molecule is Nc1c(Cl)cc(C(=O)Nc2cccnc2Br)cc1Cl. The van der Waals surface area contributed by atoms with Crippen LogP contribution >= 0.6 is 39.1 Å². The molecule has 1 heterocycles. The molecule has 1 aromatic carbocycles. The van der Waals surface area contributed by atoms with Crippen molar-refractivity contribution in [1.29, 1.82) is 0 Å². The van der Waals surface area contributed by atoms with Crippen molar-refractivity contribution in [1.82, 2.24) is 4.98 Å². The Balaban J connectivity index is 2.28. The van der Waals surface area contributed by atoms with Crippen LogP contribution in [0.1, 0.15) is 10.4 Å². The molecular weight excluding hydrogens is 353 g/mol. The molecule has 19 heavy (non-hydrogen) atoms. The van der Waals surface area contributed by atoms with Crippen LogP contribution in [0.3, 0.4) is 0 Å². The third kappa shape index (κ3) is 3.18. The zero-order valence-corrected chi connectivity index (χ0v) is 12.6. The smallest absolute Gasteiger partial charge is 0.255 e. The minimum Gasteiger partial charge on any atom is -0.396 e. The van der Waals surface area contributed by atoms with E-state index in [2.05, 4.69) is 26.2 Å². The number of halogens is 3. The second-order valence-electron chi connectivity index (χ2n) is 3.65. The first-order valence-corrected chi connectivity index (χ1v) is 6.70. The summed E-state index contributed by atoms with van der Waals surface area (Å²) in [6.45, 7) is 0. The fourth-order valence-corrected chi connectivity index (χ4v) is 2.23. The van der Waals surface area contributed by atoms with Gasteiger partial charge in [-0.3, -0.25) is 4.79 Å². The van der Waals surface area contributed by atoms with Crippen molar-refractivity contribution in [2.24, 2.45) is 0 Å². The molecule has 0 spiro atoms. The number of aromatic nitrogens is 1. The molecule has 0 saturated heterocycles. The first-order valence-electron chi connectivity index (χ1n) is 5.15. The lowest BCUT2D eigenvalue weighted by atomic mass is 10.2. The lowest BCUT2D eigenvalue weighted by molar-refractivity contribution is 0.102. The summed E-state index contributed by atoms with van der Waals surface area (Å²) in [6, 6.07) is 6.35. The fourth-order valence-electron chi connectivity index (χ4n) is 1.39. The van der Waals surface area contributed by atoms with E-state index >= 15 is 0 Å². The van der Waals surface area contributed by atoms with Crippen molar-refractivity contribution < 1.29 is 4.79 Å². The number of nitrogen functional groups attached to an aromatic ring is 1. The Bertz CT molecular complexity index is 626. The number of nitrogens with two attached hydrogens (primary N) is 1. The zero-order valence-electron chi connectivity index (χ0n) is 9.45. The van der Waals surface area contributed by atoms with Gasteiger partial charge in [0.05, 0.1) is 21.4 Å². The number of benzene rings is 1. The molecule has 0 aliphatic heterocycles. The highest BCUT2D eigenvalue weighted by Gasteiger charge is 2.12. The van der Waals surface area contributed by atoms with E-state index in [4.69, 9.17) is 28.9 Å². The minimum absolute atomic E-state index is 0.239. The normalized spacial score (nSPS) is 10.3. The van der Waals surface area contributed by atoms with Gasteiger partial charge in [-0.05, 0) is 40.2 Å². The molecule has 3 N–H and O–H groups in total. The Morgan fingerprint density at radius 3 is 2.53 bits per heavy atom. The van der Waals surface area contributed by atoms with Crippen LogP contribution in [0.25, 0.3) is 0 Å². The summed E-state index contributed by atoms with van der Waals surface area (Å²) >= 11 is 15.0. The van der Waals surface area contributed by atoms with Gasteiger partial charge in [-0.25, -0.2) is 4.98 Å². The highest BCUT2D eigenvalue weighted by Crippen LogP contribution is 2.29. The summed E-state index contributed by atoms with van der Waals surface area (Å²) in [5.74, 6) is -0.350. The molecule has 0 radical (unpaired) electrons. The van der Waals surface area contributed by atoms with Crippen LogP contribution in [0.2, 0.25) is 10.0 Å². The third-order valence-corrected chi connectivity index (χ3v) is 3.61. The van der Waals surface area contributed by atoms with E-state index in [1.807, 2.05) is 0 Å². The van der Waals surface area contributed by atoms with Crippen LogP contribution in [0.4, 0.5) is 11.4 Å². The molecule has 0 saturated carbocycles. The van der Waals surface area contributed by atoms with Crippen LogP contribution in [-0.2, 0) is 0 Å². The number of anilines is 2. The molecule has 0 atom stereocenters. The predicted octanol–water partition coefficient (Wildman–Crippen LogP) is 3.99. The molecule has 0 aliphatic rings. The van der Waals surface area contributed by atoms with Crippen molar-refractivity contribution in [3.63, 3.8) is 0 Å². The van der Waals surface area contributed by atoms with Crippen LogP contribution < -0.4 is 11.1 Å². The van der Waals surface area contributed by atoms with Crippen molar-refractivity contribution in [3.05, 3.63) is 50.7 Å². The van der Waals surface area contributed by atoms with Crippen molar-refractivity contribution in [2.45, 2.75) is 0 Å². The van der Waals surface area contributed by atoms with Gasteiger partial charge in [0.15, 0.2) is 0 Å². The Hall–Kier alpha value is -1.30. The van der Waals surface area contributed by atoms with Gasteiger partial charge >= 0.3 is 0 Å². The number of rotatable bonds is 2. The maximum absolute atomic E-state index is 12.1. The molecule has 7 heteroatoms. The first kappa shape index (κ1) is 14.1. The molecule has 1 aromatic heterocycles. The van der Waals surface area contributed by atoms with Gasteiger partial charge in [-0.2, -0.15) is 0 Å². The summed E-state index contributed by atoms with van der Waals surface area (Å²) in [7, 11) is 0. The summed E-state index contributed by atoms with van der Waals surface area (Å²) < 4.78 is 0.538. The Morgan fingerprint density at radius 2 is 1.95 bits per heavy atom. The average Bonchev–Trinajstić information content (AvgIpc) is 2.38. The molecule has 0 aliphatic carbocycles. The topological polar surface area (TPSA) is 68.0 Å². The van der Waals surface area contributed by atoms with Gasteiger partial charge in [0.1, 0.15) is 4.60 Å². The number of carbonyl (C=O) groups excluding carboxylic acids is 1. The van der Waals surface area contributed by atoms with Gasteiger partial charge in [-0.15, -0.1) is 0 Å². The van der Waals surface area contributed by atoms with Crippen molar-refractivity contribution in [2.75, 3.05) is 11.1 Å². The van der Waals surface area contributed by atoms with Gasteiger partial charge in [0, 0.05) is 11.8 Å². The Kier molecular flexibility index (Phi) is 4.29. The van der Waals surface area contributed by atoms with Crippen molar-refractivity contribution >= 4 is 56.4 Å². The molecule has 0 fully saturated rings. The highest BCUT2D eigenvalue weighted by molar-refractivity contribution is 9.10. The third-order valence-electron chi connectivity index (χ3n) is 2.35. The number of pyridine rings is 1. The van der Waals surface area contributed by atoms with Crippen LogP contribution in [0.15, 0.2) is 35.1 Å². The predicted molar refractivity (Wildman–Crippen MR) is 80.8 cm³/mol. The maximum atomic E-state index is 12.1. The van der Waals surface area contributed by atoms with Crippen molar-refractivity contribution in [3.8, 4) is 0 Å². The fraction of sp³-hybridized carbons (Fsp3) is 0. The lowest BCUT2D eigenvalue weighted by Gasteiger charge is -2.08. The monoisotopic (exact) mass is 359 g/mol. The quantitative estimate of drug-likeness (QED) is 0.628. The van der Waals surface area contributed by atoms with Gasteiger partial charge in [0.25, 0.3) is 5.91 Å². The molecule has 1 amide bonds. The van der Waals surface area contributed by atoms with Crippen LogP contribution in [0.5, 0.6) is 0 Å². The number of amides is 1. The Morgan fingerprint density at radius 1 is 1.32 bits per heavy atom. The largest absolute Gasteiger partial charge is 0.396 e. The highest BCUT2D eigenvalue weighted by atomic mass is 79.9. The molecule has 2 aromatic rings. The van der Waals surface area contributed by atoms with E-state index in [1.165, 1.54) is 12.1 Å². The number of nitrogens with zero attached hydrogens (tertiary/aromatic N) is 1. The van der Waals surface area contributed by atoms with Gasteiger partial charge in [0.2, 0.25) is 0 Å². The molecule has 2 rings (SSSR count). The number of nitrogens with one attached hydrogen (secondary N) is 1. The van der Waals surface area contributed by atoms with E-state index in [1.54, 1.807) is 18.3 Å². The summed E-state index contributed by atoms with van der Waals surface area (Å²) in [6.07, 6.45) is 1.61. The molecule has 98 valence electrons. The summed E-state index contributed by atoms with van der Waals surface area (Å²) in [4.78, 5) is 16.1. The average molecular weight is 361 g/mol. The summed E-state index contributed by atoms with van der Waals surface area (Å²) in [5, 5.41) is 3.17. The molecule has 0 bridgehead atoms. The van der Waals surface area contributed by atoms with E-state index < -0.39 is 0 Å². The maximum Gasteiger partial charge on any atom is 0.255 e. The van der Waals surface area contributed by atoms with Gasteiger partial charge < -0.3 is 11.1 Å². The number of hydrogen-bond donors (Lipinski definition) is 2. The van der Waals surface area contributed by atoms with E-state index in [0.29, 0.717) is 15.9 Å².